The number of rotatable bonds is 7. The van der Waals surface area contributed by atoms with E-state index >= 15 is 0 Å². The zero-order valence-corrected chi connectivity index (χ0v) is 16.0. The summed E-state index contributed by atoms with van der Waals surface area (Å²) >= 11 is 0. The second-order valence-corrected chi connectivity index (χ2v) is 6.38. The number of carbonyl (C=O) groups excluding carboxylic acids is 1. The molecule has 27 heavy (non-hydrogen) atoms. The van der Waals surface area contributed by atoms with Crippen LogP contribution in [0.2, 0.25) is 0 Å². The number of ether oxygens (including phenoxy) is 3. The average molecular weight is 365 g/mol. The minimum absolute atomic E-state index is 0.307. The summed E-state index contributed by atoms with van der Waals surface area (Å²) in [6, 6.07) is 12.9. The Bertz CT molecular complexity index is 878. The van der Waals surface area contributed by atoms with E-state index in [0.717, 1.165) is 11.1 Å². The first-order valence-electron chi connectivity index (χ1n) is 8.63. The van der Waals surface area contributed by atoms with Crippen molar-refractivity contribution in [1.29, 1.82) is 0 Å². The van der Waals surface area contributed by atoms with Gasteiger partial charge in [-0.25, -0.2) is 9.64 Å². The van der Waals surface area contributed by atoms with Crippen molar-refractivity contribution in [2.45, 2.75) is 33.3 Å². The molecule has 0 heterocycles. The molecule has 2 rings (SSSR count). The van der Waals surface area contributed by atoms with Crippen LogP contribution in [0.25, 0.3) is 10.9 Å². The lowest BCUT2D eigenvalue weighted by Gasteiger charge is -2.25. The van der Waals surface area contributed by atoms with Gasteiger partial charge < -0.3 is 14.2 Å². The number of nitrogens with zero attached hydrogens (tertiary/aromatic N) is 1. The Morgan fingerprint density at radius 3 is 2.59 bits per heavy atom. The zero-order valence-electron chi connectivity index (χ0n) is 16.0. The lowest BCUT2D eigenvalue weighted by Crippen LogP contribution is -2.39. The molecule has 0 radical (unpaired) electrons. The molecule has 0 bridgehead atoms. The van der Waals surface area contributed by atoms with Crippen LogP contribution >= 0.6 is 0 Å². The van der Waals surface area contributed by atoms with Crippen molar-refractivity contribution in [3.63, 3.8) is 0 Å². The summed E-state index contributed by atoms with van der Waals surface area (Å²) in [5.74, 6) is 1.50. The fraction of sp³-hybridized carbons (Fsp3) is 0.273. The molecule has 0 N–H and O–H groups in total. The molecule has 0 spiro atoms. The summed E-state index contributed by atoms with van der Waals surface area (Å²) in [6.07, 6.45) is 3.13. The Morgan fingerprint density at radius 1 is 1.19 bits per heavy atom. The number of esters is 1. The Hall–Kier alpha value is -3.26. The first kappa shape index (κ1) is 20.1. The van der Waals surface area contributed by atoms with Gasteiger partial charge in [0.2, 0.25) is 0 Å². The second kappa shape index (κ2) is 8.91. The van der Waals surface area contributed by atoms with Crippen molar-refractivity contribution in [1.82, 2.24) is 0 Å². The summed E-state index contributed by atoms with van der Waals surface area (Å²) in [5, 5.41) is 0. The van der Waals surface area contributed by atoms with E-state index in [-0.39, 0.29) is 0 Å². The smallest absolute Gasteiger partial charge is 0.349 e. The van der Waals surface area contributed by atoms with Crippen molar-refractivity contribution in [2.75, 3.05) is 6.61 Å². The van der Waals surface area contributed by atoms with E-state index in [9.17, 15) is 4.79 Å². The highest BCUT2D eigenvalue weighted by Gasteiger charge is 2.32. The van der Waals surface area contributed by atoms with Crippen LogP contribution in [0.3, 0.4) is 0 Å². The van der Waals surface area contributed by atoms with Gasteiger partial charge in [-0.05, 0) is 69.2 Å². The third kappa shape index (κ3) is 5.61. The van der Waals surface area contributed by atoms with Gasteiger partial charge in [0, 0.05) is 0 Å². The van der Waals surface area contributed by atoms with Crippen LogP contribution in [0.5, 0.6) is 17.2 Å². The molecule has 2 aromatic carbocycles. The number of carbonyl (C=O) groups is 1. The SMILES string of the molecule is [C-]#[N+]/C=C/c1cccc(Oc2ccc(OC(C)(C)C(=O)OCC)c(C)c2)c1. The van der Waals surface area contributed by atoms with E-state index in [1.807, 2.05) is 37.3 Å². The molecule has 0 aliphatic carbocycles. The van der Waals surface area contributed by atoms with E-state index in [0.29, 0.717) is 23.9 Å². The number of hydrogen-bond acceptors (Lipinski definition) is 4. The van der Waals surface area contributed by atoms with Crippen LogP contribution in [0.4, 0.5) is 0 Å². The summed E-state index contributed by atoms with van der Waals surface area (Å²) in [4.78, 5) is 15.2. The highest BCUT2D eigenvalue weighted by molar-refractivity contribution is 5.79. The van der Waals surface area contributed by atoms with Crippen LogP contribution in [0, 0.1) is 13.5 Å². The fourth-order valence-corrected chi connectivity index (χ4v) is 2.36. The first-order valence-corrected chi connectivity index (χ1v) is 8.63. The van der Waals surface area contributed by atoms with Crippen LogP contribution in [-0.4, -0.2) is 18.2 Å². The second-order valence-electron chi connectivity index (χ2n) is 6.38. The fourth-order valence-electron chi connectivity index (χ4n) is 2.36. The van der Waals surface area contributed by atoms with Gasteiger partial charge in [-0.2, -0.15) is 0 Å². The molecule has 140 valence electrons. The van der Waals surface area contributed by atoms with Crippen molar-refractivity contribution < 1.29 is 19.0 Å². The third-order valence-electron chi connectivity index (χ3n) is 3.71. The Kier molecular flexibility index (Phi) is 6.62. The van der Waals surface area contributed by atoms with Crippen LogP contribution < -0.4 is 9.47 Å². The maximum absolute atomic E-state index is 12.0. The summed E-state index contributed by atoms with van der Waals surface area (Å²) in [5.41, 5.74) is 0.650. The van der Waals surface area contributed by atoms with Crippen molar-refractivity contribution in [3.8, 4) is 17.2 Å². The van der Waals surface area contributed by atoms with E-state index in [2.05, 4.69) is 4.85 Å². The van der Waals surface area contributed by atoms with E-state index in [1.165, 1.54) is 6.20 Å². The quantitative estimate of drug-likeness (QED) is 0.487. The topological polar surface area (TPSA) is 49.1 Å². The largest absolute Gasteiger partial charge is 0.476 e. The lowest BCUT2D eigenvalue weighted by molar-refractivity contribution is -0.158. The molecule has 0 saturated carbocycles. The van der Waals surface area contributed by atoms with E-state index in [1.54, 1.807) is 39.0 Å². The molecule has 0 aliphatic heterocycles. The molecule has 5 nitrogen and oxygen atoms in total. The maximum atomic E-state index is 12.0. The number of hydrogen-bond donors (Lipinski definition) is 0. The highest BCUT2D eigenvalue weighted by Crippen LogP contribution is 2.30. The van der Waals surface area contributed by atoms with Gasteiger partial charge in [0.15, 0.2) is 11.8 Å². The molecule has 0 aliphatic rings. The standard InChI is InChI=1S/C22H23NO4/c1-6-25-21(24)22(3,4)27-20-11-10-19(14-16(20)2)26-18-9-7-8-17(15-18)12-13-23-5/h7-15H,6H2,1-4H3/b13-12+. The van der Waals surface area contributed by atoms with E-state index < -0.39 is 11.6 Å². The van der Waals surface area contributed by atoms with Crippen molar-refractivity contribution in [3.05, 3.63) is 71.2 Å². The predicted octanol–water partition coefficient (Wildman–Crippen LogP) is 5.40. The maximum Gasteiger partial charge on any atom is 0.349 e. The van der Waals surface area contributed by atoms with Crippen molar-refractivity contribution in [2.24, 2.45) is 0 Å². The van der Waals surface area contributed by atoms with Gasteiger partial charge in [0.25, 0.3) is 0 Å². The van der Waals surface area contributed by atoms with Crippen molar-refractivity contribution >= 4 is 12.0 Å². The zero-order chi connectivity index (χ0) is 19.9. The van der Waals surface area contributed by atoms with Gasteiger partial charge >= 0.3 is 5.97 Å². The molecule has 0 amide bonds. The Balaban J connectivity index is 2.14. The van der Waals surface area contributed by atoms with Gasteiger partial charge in [-0.1, -0.05) is 18.2 Å². The molecule has 0 atom stereocenters. The molecule has 0 unspecified atom stereocenters. The van der Waals surface area contributed by atoms with Crippen LogP contribution in [0.15, 0.2) is 48.7 Å². The van der Waals surface area contributed by atoms with E-state index in [4.69, 9.17) is 20.8 Å². The molecule has 0 fully saturated rings. The molecule has 0 saturated heterocycles. The monoisotopic (exact) mass is 365 g/mol. The minimum atomic E-state index is -1.08. The third-order valence-corrected chi connectivity index (χ3v) is 3.71. The summed E-state index contributed by atoms with van der Waals surface area (Å²) in [6.45, 7) is 14.1. The molecule has 2 aromatic rings. The number of benzene rings is 2. The first-order chi connectivity index (χ1) is 12.9. The summed E-state index contributed by atoms with van der Waals surface area (Å²) in [7, 11) is 0. The highest BCUT2D eigenvalue weighted by atomic mass is 16.6. The lowest BCUT2D eigenvalue weighted by atomic mass is 10.1. The normalized spacial score (nSPS) is 11.1. The molecular weight excluding hydrogens is 342 g/mol. The average Bonchev–Trinajstić information content (AvgIpc) is 2.63. The predicted molar refractivity (Wildman–Crippen MR) is 105 cm³/mol. The molecular formula is C22H23NO4. The van der Waals surface area contributed by atoms with Gasteiger partial charge in [-0.3, -0.25) is 0 Å². The van der Waals surface area contributed by atoms with Gasteiger partial charge in [0.1, 0.15) is 17.2 Å². The molecule has 0 aromatic heterocycles. The molecule has 5 heteroatoms. The minimum Gasteiger partial charge on any atom is -0.476 e. The van der Waals surface area contributed by atoms with Gasteiger partial charge in [-0.15, -0.1) is 0 Å². The summed E-state index contributed by atoms with van der Waals surface area (Å²) < 4.78 is 16.8. The van der Waals surface area contributed by atoms with Gasteiger partial charge in [0.05, 0.1) is 13.2 Å². The van der Waals surface area contributed by atoms with Crippen LogP contribution in [0.1, 0.15) is 31.9 Å². The Labute approximate surface area is 160 Å². The number of aryl methyl sites for hydroxylation is 1. The van der Waals surface area contributed by atoms with Crippen LogP contribution in [-0.2, 0) is 9.53 Å². The Morgan fingerprint density at radius 2 is 1.93 bits per heavy atom.